The zero-order valence-corrected chi connectivity index (χ0v) is 11.2. The first kappa shape index (κ1) is 12.8. The molecule has 1 amide bonds. The van der Waals surface area contributed by atoms with Gasteiger partial charge in [0.05, 0.1) is 5.92 Å². The normalized spacial score (nSPS) is 17.9. The third-order valence-corrected chi connectivity index (χ3v) is 3.58. The van der Waals surface area contributed by atoms with E-state index in [2.05, 4.69) is 15.6 Å². The van der Waals surface area contributed by atoms with Gasteiger partial charge in [-0.25, -0.2) is 0 Å². The lowest BCUT2D eigenvalue weighted by atomic mass is 10.1. The van der Waals surface area contributed by atoms with E-state index in [0.717, 1.165) is 36.3 Å². The smallest absolute Gasteiger partial charge is 0.228 e. The number of aromatic nitrogens is 1. The van der Waals surface area contributed by atoms with Crippen LogP contribution < -0.4 is 10.6 Å². The minimum Gasteiger partial charge on any atom is -0.326 e. The van der Waals surface area contributed by atoms with Gasteiger partial charge in [0.25, 0.3) is 0 Å². The Balaban J connectivity index is 1.68. The van der Waals surface area contributed by atoms with Crippen LogP contribution in [0.2, 0.25) is 0 Å². The Morgan fingerprint density at radius 1 is 1.20 bits per heavy atom. The Kier molecular flexibility index (Phi) is 3.74. The van der Waals surface area contributed by atoms with E-state index < -0.39 is 0 Å². The summed E-state index contributed by atoms with van der Waals surface area (Å²) in [5.41, 5.74) is 3.01. The second-order valence-electron chi connectivity index (χ2n) is 5.00. The molecule has 1 saturated heterocycles. The molecule has 0 spiro atoms. The van der Waals surface area contributed by atoms with Crippen molar-refractivity contribution >= 4 is 11.6 Å². The lowest BCUT2D eigenvalue weighted by molar-refractivity contribution is -0.119. The zero-order valence-electron chi connectivity index (χ0n) is 11.2. The maximum atomic E-state index is 12.0. The molecule has 0 unspecified atom stereocenters. The number of rotatable bonds is 3. The molecule has 4 heteroatoms. The topological polar surface area (TPSA) is 54.0 Å². The van der Waals surface area contributed by atoms with Crippen molar-refractivity contribution < 1.29 is 4.79 Å². The van der Waals surface area contributed by atoms with Crippen LogP contribution in [0.4, 0.5) is 5.69 Å². The number of nitrogens with zero attached hydrogens (tertiary/aromatic N) is 1. The number of benzene rings is 1. The number of pyridine rings is 1. The quantitative estimate of drug-likeness (QED) is 0.897. The zero-order chi connectivity index (χ0) is 13.8. The Morgan fingerprint density at radius 2 is 2.05 bits per heavy atom. The number of anilines is 1. The van der Waals surface area contributed by atoms with Crippen molar-refractivity contribution in [3.63, 3.8) is 0 Å². The van der Waals surface area contributed by atoms with Crippen molar-refractivity contribution in [3.05, 3.63) is 48.8 Å². The molecule has 1 atom stereocenters. The highest BCUT2D eigenvalue weighted by atomic mass is 16.1. The van der Waals surface area contributed by atoms with Crippen LogP contribution in [0.15, 0.2) is 48.8 Å². The first-order chi connectivity index (χ1) is 9.83. The first-order valence-electron chi connectivity index (χ1n) is 6.85. The van der Waals surface area contributed by atoms with Crippen molar-refractivity contribution in [2.75, 3.05) is 18.4 Å². The van der Waals surface area contributed by atoms with Gasteiger partial charge in [-0.1, -0.05) is 18.2 Å². The molecule has 1 fully saturated rings. The van der Waals surface area contributed by atoms with E-state index in [1.165, 1.54) is 0 Å². The molecule has 1 aromatic heterocycles. The molecule has 1 aromatic carbocycles. The van der Waals surface area contributed by atoms with E-state index in [4.69, 9.17) is 0 Å². The third-order valence-electron chi connectivity index (χ3n) is 3.58. The van der Waals surface area contributed by atoms with Gasteiger partial charge in [0.2, 0.25) is 5.91 Å². The summed E-state index contributed by atoms with van der Waals surface area (Å²) in [6.45, 7) is 1.71. The monoisotopic (exact) mass is 267 g/mol. The SMILES string of the molecule is O=C(Nc1ccc(-c2cccnc2)cc1)[C@@H]1CCNC1. The van der Waals surface area contributed by atoms with Crippen molar-refractivity contribution in [3.8, 4) is 11.1 Å². The van der Waals surface area contributed by atoms with Gasteiger partial charge in [-0.3, -0.25) is 9.78 Å². The number of amides is 1. The van der Waals surface area contributed by atoms with E-state index in [1.54, 1.807) is 6.20 Å². The number of nitrogens with one attached hydrogen (secondary N) is 2. The second kappa shape index (κ2) is 5.84. The number of carbonyl (C=O) groups excluding carboxylic acids is 1. The summed E-state index contributed by atoms with van der Waals surface area (Å²) in [5, 5.41) is 6.17. The van der Waals surface area contributed by atoms with Crippen molar-refractivity contribution in [2.24, 2.45) is 5.92 Å². The molecule has 0 saturated carbocycles. The lowest BCUT2D eigenvalue weighted by Crippen LogP contribution is -2.24. The summed E-state index contributed by atoms with van der Waals surface area (Å²) < 4.78 is 0. The minimum absolute atomic E-state index is 0.0907. The van der Waals surface area contributed by atoms with Crippen LogP contribution in [0.25, 0.3) is 11.1 Å². The largest absolute Gasteiger partial charge is 0.326 e. The second-order valence-corrected chi connectivity index (χ2v) is 5.00. The Hall–Kier alpha value is -2.20. The van der Waals surface area contributed by atoms with Crippen LogP contribution in [-0.2, 0) is 4.79 Å². The van der Waals surface area contributed by atoms with Crippen LogP contribution in [-0.4, -0.2) is 24.0 Å². The summed E-state index contributed by atoms with van der Waals surface area (Å²) in [7, 11) is 0. The first-order valence-corrected chi connectivity index (χ1v) is 6.85. The maximum absolute atomic E-state index is 12.0. The number of hydrogen-bond donors (Lipinski definition) is 2. The highest BCUT2D eigenvalue weighted by Gasteiger charge is 2.22. The van der Waals surface area contributed by atoms with Crippen molar-refractivity contribution in [1.82, 2.24) is 10.3 Å². The molecule has 2 aromatic rings. The minimum atomic E-state index is 0.0907. The van der Waals surface area contributed by atoms with E-state index in [-0.39, 0.29) is 11.8 Å². The number of hydrogen-bond acceptors (Lipinski definition) is 3. The lowest BCUT2D eigenvalue weighted by Gasteiger charge is -2.10. The van der Waals surface area contributed by atoms with Crippen molar-refractivity contribution in [1.29, 1.82) is 0 Å². The van der Waals surface area contributed by atoms with Gasteiger partial charge in [-0.2, -0.15) is 0 Å². The molecule has 2 heterocycles. The van der Waals surface area contributed by atoms with Gasteiger partial charge < -0.3 is 10.6 Å². The molecule has 102 valence electrons. The highest BCUT2D eigenvalue weighted by molar-refractivity contribution is 5.93. The number of carbonyl (C=O) groups is 1. The van der Waals surface area contributed by atoms with Crippen LogP contribution in [0.5, 0.6) is 0 Å². The highest BCUT2D eigenvalue weighted by Crippen LogP contribution is 2.21. The fourth-order valence-electron chi connectivity index (χ4n) is 2.40. The van der Waals surface area contributed by atoms with Crippen LogP contribution in [0, 0.1) is 5.92 Å². The van der Waals surface area contributed by atoms with E-state index in [0.29, 0.717) is 0 Å². The van der Waals surface area contributed by atoms with E-state index in [9.17, 15) is 4.79 Å². The molecule has 1 aliphatic rings. The predicted octanol–water partition coefficient (Wildman–Crippen LogP) is 2.30. The molecule has 2 N–H and O–H groups in total. The summed E-state index contributed by atoms with van der Waals surface area (Å²) in [5.74, 6) is 0.192. The average Bonchev–Trinajstić information content (AvgIpc) is 3.03. The van der Waals surface area contributed by atoms with Crippen molar-refractivity contribution in [2.45, 2.75) is 6.42 Å². The summed E-state index contributed by atoms with van der Waals surface area (Å²) in [6.07, 6.45) is 4.51. The summed E-state index contributed by atoms with van der Waals surface area (Å²) >= 11 is 0. The molecule has 3 rings (SSSR count). The predicted molar refractivity (Wildman–Crippen MR) is 79.3 cm³/mol. The fraction of sp³-hybridized carbons (Fsp3) is 0.250. The Morgan fingerprint density at radius 3 is 2.70 bits per heavy atom. The van der Waals surface area contributed by atoms with Crippen LogP contribution in [0.3, 0.4) is 0 Å². The molecule has 20 heavy (non-hydrogen) atoms. The van der Waals surface area contributed by atoms with Gasteiger partial charge in [0.15, 0.2) is 0 Å². The molecule has 1 aliphatic heterocycles. The molecular formula is C16H17N3O. The van der Waals surface area contributed by atoms with Gasteiger partial charge in [0, 0.05) is 24.6 Å². The molecule has 0 bridgehead atoms. The summed E-state index contributed by atoms with van der Waals surface area (Å²) in [4.78, 5) is 16.1. The van der Waals surface area contributed by atoms with Gasteiger partial charge in [0.1, 0.15) is 0 Å². The maximum Gasteiger partial charge on any atom is 0.228 e. The average molecular weight is 267 g/mol. The third kappa shape index (κ3) is 2.86. The van der Waals surface area contributed by atoms with Gasteiger partial charge >= 0.3 is 0 Å². The summed E-state index contributed by atoms with van der Waals surface area (Å²) in [6, 6.07) is 11.8. The van der Waals surface area contributed by atoms with Gasteiger partial charge in [-0.15, -0.1) is 0 Å². The van der Waals surface area contributed by atoms with Gasteiger partial charge in [-0.05, 0) is 42.3 Å². The van der Waals surface area contributed by atoms with E-state index >= 15 is 0 Å². The Labute approximate surface area is 118 Å². The van der Waals surface area contributed by atoms with Crippen LogP contribution >= 0.6 is 0 Å². The molecule has 4 nitrogen and oxygen atoms in total. The molecule has 0 radical (unpaired) electrons. The molecule has 0 aliphatic carbocycles. The Bertz CT molecular complexity index is 574. The fourth-order valence-corrected chi connectivity index (χ4v) is 2.40. The van der Waals surface area contributed by atoms with Crippen LogP contribution in [0.1, 0.15) is 6.42 Å². The molecular weight excluding hydrogens is 250 g/mol. The van der Waals surface area contributed by atoms with E-state index in [1.807, 2.05) is 42.6 Å². The standard InChI is InChI=1S/C16H17N3O/c20-16(14-7-9-18-11-14)19-15-5-3-12(4-6-15)13-2-1-8-17-10-13/h1-6,8,10,14,18H,7,9,11H2,(H,19,20)/t14-/m1/s1.